The van der Waals surface area contributed by atoms with Gasteiger partial charge in [-0.15, -0.1) is 0 Å². The minimum absolute atomic E-state index is 0.237. The molecule has 1 N–H and O–H groups in total. The smallest absolute Gasteiger partial charge is 0.129 e. The number of aromatic nitrogens is 2. The molecule has 0 aliphatic rings. The Morgan fingerprint density at radius 1 is 1.40 bits per heavy atom. The van der Waals surface area contributed by atoms with Crippen molar-refractivity contribution in [1.82, 2.24) is 9.97 Å². The van der Waals surface area contributed by atoms with Crippen LogP contribution in [-0.4, -0.2) is 9.97 Å². The van der Waals surface area contributed by atoms with Crippen molar-refractivity contribution in [1.29, 1.82) is 0 Å². The van der Waals surface area contributed by atoms with Gasteiger partial charge in [0.25, 0.3) is 0 Å². The number of nitrogens with zero attached hydrogens (tertiary/aromatic N) is 1. The average molecular weight is 224 g/mol. The van der Waals surface area contributed by atoms with E-state index in [4.69, 9.17) is 12.2 Å². The van der Waals surface area contributed by atoms with Gasteiger partial charge < -0.3 is 4.98 Å². The lowest BCUT2D eigenvalue weighted by atomic mass is 9.92. The number of aromatic amines is 1. The molecule has 0 bridgehead atoms. The molecule has 2 nitrogen and oxygen atoms in total. The molecule has 0 aliphatic heterocycles. The molecule has 1 heterocycles. The van der Waals surface area contributed by atoms with E-state index in [1.54, 1.807) is 0 Å². The second kappa shape index (κ2) is 4.44. The first kappa shape index (κ1) is 12.4. The van der Waals surface area contributed by atoms with Crippen molar-refractivity contribution in [3.8, 4) is 0 Å². The van der Waals surface area contributed by atoms with Crippen molar-refractivity contribution in [3.05, 3.63) is 22.2 Å². The molecule has 1 aromatic heterocycles. The molecule has 0 fully saturated rings. The Kier molecular flexibility index (Phi) is 3.66. The zero-order chi connectivity index (χ0) is 11.6. The largest absolute Gasteiger partial charge is 0.347 e. The summed E-state index contributed by atoms with van der Waals surface area (Å²) in [5.74, 6) is 1.46. The lowest BCUT2D eigenvalue weighted by molar-refractivity contribution is 0.399. The number of hydrogen-bond acceptors (Lipinski definition) is 2. The maximum absolute atomic E-state index is 5.16. The third-order valence-electron chi connectivity index (χ3n) is 2.13. The molecule has 0 saturated carbocycles. The van der Waals surface area contributed by atoms with Crippen LogP contribution in [0.3, 0.4) is 0 Å². The maximum atomic E-state index is 5.16. The van der Waals surface area contributed by atoms with Gasteiger partial charge in [0.05, 0.1) is 0 Å². The van der Waals surface area contributed by atoms with E-state index in [1.807, 2.05) is 6.07 Å². The molecule has 15 heavy (non-hydrogen) atoms. The highest BCUT2D eigenvalue weighted by molar-refractivity contribution is 7.71. The van der Waals surface area contributed by atoms with Gasteiger partial charge in [-0.1, -0.05) is 46.8 Å². The number of hydrogen-bond donors (Lipinski definition) is 1. The molecule has 0 amide bonds. The topological polar surface area (TPSA) is 28.7 Å². The Morgan fingerprint density at radius 3 is 2.47 bits per heavy atom. The molecule has 84 valence electrons. The van der Waals surface area contributed by atoms with Gasteiger partial charge in [0.15, 0.2) is 0 Å². The molecule has 3 heteroatoms. The zero-order valence-corrected chi connectivity index (χ0v) is 11.0. The molecule has 0 spiro atoms. The summed E-state index contributed by atoms with van der Waals surface area (Å²) < 4.78 is 0.691. The summed E-state index contributed by atoms with van der Waals surface area (Å²) in [4.78, 5) is 7.72. The quantitative estimate of drug-likeness (QED) is 0.773. The minimum atomic E-state index is 0.237. The summed E-state index contributed by atoms with van der Waals surface area (Å²) in [5.41, 5.74) is 1.41. The first-order valence-electron chi connectivity index (χ1n) is 5.38. The fourth-order valence-electron chi connectivity index (χ4n) is 1.43. The first-order chi connectivity index (χ1) is 6.78. The molecule has 1 aromatic rings. The summed E-state index contributed by atoms with van der Waals surface area (Å²) in [6.07, 6.45) is 0.928. The van der Waals surface area contributed by atoms with Crippen molar-refractivity contribution in [2.75, 3.05) is 0 Å². The monoisotopic (exact) mass is 224 g/mol. The van der Waals surface area contributed by atoms with E-state index in [1.165, 1.54) is 5.69 Å². The number of H-pyrrole nitrogens is 1. The normalized spacial score (nSPS) is 12.1. The van der Waals surface area contributed by atoms with Gasteiger partial charge in [0.1, 0.15) is 10.5 Å². The Labute approximate surface area is 97.1 Å². The summed E-state index contributed by atoms with van der Waals surface area (Å²) in [7, 11) is 0. The average Bonchev–Trinajstić information content (AvgIpc) is 1.99. The van der Waals surface area contributed by atoms with E-state index < -0.39 is 0 Å². The lowest BCUT2D eigenvalue weighted by Crippen LogP contribution is -2.13. The van der Waals surface area contributed by atoms with Crippen molar-refractivity contribution < 1.29 is 0 Å². The standard InChI is InChI=1S/C12H20N2S/c1-8(2)9-6-11(15)14-10(13-9)7-12(3,4)5/h6,8H,7H2,1-5H3,(H,13,14,15). The van der Waals surface area contributed by atoms with Crippen LogP contribution in [0.5, 0.6) is 0 Å². The van der Waals surface area contributed by atoms with E-state index in [2.05, 4.69) is 44.6 Å². The van der Waals surface area contributed by atoms with Gasteiger partial charge in [0, 0.05) is 12.1 Å². The predicted octanol–water partition coefficient (Wildman–Crippen LogP) is 3.85. The van der Waals surface area contributed by atoms with Crippen LogP contribution in [0.15, 0.2) is 6.07 Å². The van der Waals surface area contributed by atoms with Gasteiger partial charge in [-0.2, -0.15) is 0 Å². The van der Waals surface area contributed by atoms with Crippen molar-refractivity contribution >= 4 is 12.2 Å². The van der Waals surface area contributed by atoms with Crippen LogP contribution in [0, 0.1) is 10.1 Å². The van der Waals surface area contributed by atoms with Crippen LogP contribution in [0.25, 0.3) is 0 Å². The van der Waals surface area contributed by atoms with Crippen LogP contribution in [0.2, 0.25) is 0 Å². The Morgan fingerprint density at radius 2 is 2.00 bits per heavy atom. The molecule has 0 unspecified atom stereocenters. The van der Waals surface area contributed by atoms with E-state index in [0.29, 0.717) is 10.6 Å². The fourth-order valence-corrected chi connectivity index (χ4v) is 1.66. The molecular formula is C12H20N2S. The van der Waals surface area contributed by atoms with E-state index in [-0.39, 0.29) is 5.41 Å². The molecule has 1 rings (SSSR count). The van der Waals surface area contributed by atoms with Crippen LogP contribution in [0.4, 0.5) is 0 Å². The van der Waals surface area contributed by atoms with Crippen molar-refractivity contribution in [2.45, 2.75) is 47.0 Å². The van der Waals surface area contributed by atoms with E-state index >= 15 is 0 Å². The Balaban J connectivity index is 3.05. The van der Waals surface area contributed by atoms with Crippen LogP contribution < -0.4 is 0 Å². The van der Waals surface area contributed by atoms with Crippen LogP contribution in [-0.2, 0) is 6.42 Å². The first-order valence-corrected chi connectivity index (χ1v) is 5.79. The lowest BCUT2D eigenvalue weighted by Gasteiger charge is -2.18. The molecular weight excluding hydrogens is 204 g/mol. The number of nitrogens with one attached hydrogen (secondary N) is 1. The summed E-state index contributed by atoms with van der Waals surface area (Å²) >= 11 is 5.16. The van der Waals surface area contributed by atoms with Gasteiger partial charge in [-0.3, -0.25) is 0 Å². The Bertz CT molecular complexity index is 385. The molecule has 0 atom stereocenters. The highest BCUT2D eigenvalue weighted by atomic mass is 32.1. The predicted molar refractivity (Wildman–Crippen MR) is 66.7 cm³/mol. The zero-order valence-electron chi connectivity index (χ0n) is 10.2. The molecule has 0 radical (unpaired) electrons. The van der Waals surface area contributed by atoms with Gasteiger partial charge >= 0.3 is 0 Å². The summed E-state index contributed by atoms with van der Waals surface area (Å²) in [6, 6.07) is 1.95. The maximum Gasteiger partial charge on any atom is 0.129 e. The molecule has 0 saturated heterocycles. The SMILES string of the molecule is CC(C)c1cc(=S)nc(CC(C)(C)C)[nH]1. The highest BCUT2D eigenvalue weighted by Crippen LogP contribution is 2.19. The van der Waals surface area contributed by atoms with Gasteiger partial charge in [-0.25, -0.2) is 4.98 Å². The summed E-state index contributed by atoms with van der Waals surface area (Å²) in [5, 5.41) is 0. The Hall–Kier alpha value is -0.700. The van der Waals surface area contributed by atoms with Gasteiger partial charge in [-0.05, 0) is 17.4 Å². The van der Waals surface area contributed by atoms with E-state index in [9.17, 15) is 0 Å². The van der Waals surface area contributed by atoms with Gasteiger partial charge in [0.2, 0.25) is 0 Å². The highest BCUT2D eigenvalue weighted by Gasteiger charge is 2.13. The number of rotatable bonds is 2. The van der Waals surface area contributed by atoms with Crippen LogP contribution in [0.1, 0.15) is 52.1 Å². The van der Waals surface area contributed by atoms with Crippen LogP contribution >= 0.6 is 12.2 Å². The van der Waals surface area contributed by atoms with E-state index in [0.717, 1.165) is 12.2 Å². The second-order valence-electron chi connectivity index (χ2n) is 5.51. The molecule has 0 aromatic carbocycles. The summed E-state index contributed by atoms with van der Waals surface area (Å²) in [6.45, 7) is 10.9. The third-order valence-corrected chi connectivity index (χ3v) is 2.34. The molecule has 0 aliphatic carbocycles. The third kappa shape index (κ3) is 4.12. The minimum Gasteiger partial charge on any atom is -0.347 e. The van der Waals surface area contributed by atoms with Crippen molar-refractivity contribution in [3.63, 3.8) is 0 Å². The second-order valence-corrected chi connectivity index (χ2v) is 5.93. The fraction of sp³-hybridized carbons (Fsp3) is 0.667. The van der Waals surface area contributed by atoms with Crippen molar-refractivity contribution in [2.24, 2.45) is 5.41 Å².